The molecule has 0 aliphatic rings. The maximum atomic E-state index is 11.9. The lowest BCUT2D eigenvalue weighted by molar-refractivity contribution is -0.146. The SMILES string of the molecule is CC(=O)OC/C=C\C=C/[C@H](COC(=O)c1ccccc1)OC(C)=O. The van der Waals surface area contributed by atoms with Crippen LogP contribution >= 0.6 is 0 Å². The molecule has 0 heterocycles. The third-order valence-corrected chi connectivity index (χ3v) is 2.66. The van der Waals surface area contributed by atoms with Gasteiger partial charge in [-0.25, -0.2) is 4.79 Å². The Labute approximate surface area is 140 Å². The van der Waals surface area contributed by atoms with E-state index in [1.807, 2.05) is 0 Å². The van der Waals surface area contributed by atoms with Crippen molar-refractivity contribution in [1.82, 2.24) is 0 Å². The van der Waals surface area contributed by atoms with Crippen LogP contribution in [0.25, 0.3) is 0 Å². The number of benzene rings is 1. The largest absolute Gasteiger partial charge is 0.462 e. The molecule has 0 N–H and O–H groups in total. The van der Waals surface area contributed by atoms with Crippen LogP contribution in [0.1, 0.15) is 24.2 Å². The number of hydrogen-bond acceptors (Lipinski definition) is 6. The second-order valence-electron chi connectivity index (χ2n) is 4.73. The Bertz CT molecular complexity index is 603. The first-order chi connectivity index (χ1) is 11.5. The number of carbonyl (C=O) groups is 3. The highest BCUT2D eigenvalue weighted by atomic mass is 16.6. The van der Waals surface area contributed by atoms with Crippen LogP contribution in [0.5, 0.6) is 0 Å². The van der Waals surface area contributed by atoms with Gasteiger partial charge in [-0.3, -0.25) is 9.59 Å². The van der Waals surface area contributed by atoms with Crippen LogP contribution in [-0.4, -0.2) is 37.2 Å². The maximum absolute atomic E-state index is 11.9. The normalized spacial score (nSPS) is 12.1. The van der Waals surface area contributed by atoms with E-state index in [0.29, 0.717) is 5.56 Å². The zero-order chi connectivity index (χ0) is 17.8. The summed E-state index contributed by atoms with van der Waals surface area (Å²) >= 11 is 0. The van der Waals surface area contributed by atoms with Crippen LogP contribution in [0.4, 0.5) is 0 Å². The molecule has 0 unspecified atom stereocenters. The van der Waals surface area contributed by atoms with Crippen LogP contribution in [-0.2, 0) is 23.8 Å². The van der Waals surface area contributed by atoms with Crippen molar-refractivity contribution in [3.05, 3.63) is 60.2 Å². The highest BCUT2D eigenvalue weighted by Gasteiger charge is 2.13. The lowest BCUT2D eigenvalue weighted by atomic mass is 10.2. The van der Waals surface area contributed by atoms with Crippen LogP contribution in [0, 0.1) is 0 Å². The molecular weight excluding hydrogens is 312 g/mol. The third kappa shape index (κ3) is 8.53. The summed E-state index contributed by atoms with van der Waals surface area (Å²) in [5.74, 6) is -1.34. The van der Waals surface area contributed by atoms with Gasteiger partial charge in [0.25, 0.3) is 0 Å². The first-order valence-electron chi connectivity index (χ1n) is 7.35. The van der Waals surface area contributed by atoms with Crippen LogP contribution < -0.4 is 0 Å². The molecule has 0 amide bonds. The first-order valence-corrected chi connectivity index (χ1v) is 7.35. The minimum Gasteiger partial charge on any atom is -0.462 e. The van der Waals surface area contributed by atoms with Crippen molar-refractivity contribution in [3.8, 4) is 0 Å². The standard InChI is InChI=1S/C18H20O6/c1-14(19)22-12-8-4-7-11-17(24-15(2)20)13-23-18(21)16-9-5-3-6-10-16/h3-11,17H,12-13H2,1-2H3/b8-4-,11-7-/t17-/m1/s1. The van der Waals surface area contributed by atoms with E-state index < -0.39 is 18.0 Å². The summed E-state index contributed by atoms with van der Waals surface area (Å²) in [5, 5.41) is 0. The topological polar surface area (TPSA) is 78.9 Å². The zero-order valence-electron chi connectivity index (χ0n) is 13.6. The van der Waals surface area contributed by atoms with E-state index in [1.54, 1.807) is 54.6 Å². The number of carbonyl (C=O) groups excluding carboxylic acids is 3. The quantitative estimate of drug-likeness (QED) is 0.413. The molecule has 0 aliphatic heterocycles. The molecule has 1 atom stereocenters. The second kappa shape index (κ2) is 10.8. The van der Waals surface area contributed by atoms with E-state index in [2.05, 4.69) is 0 Å². The lowest BCUT2D eigenvalue weighted by Crippen LogP contribution is -2.22. The Kier molecular flexibility index (Phi) is 8.60. The summed E-state index contributed by atoms with van der Waals surface area (Å²) in [6, 6.07) is 8.53. The molecule has 0 fully saturated rings. The molecular formula is C18H20O6. The van der Waals surface area contributed by atoms with Crippen molar-refractivity contribution in [3.63, 3.8) is 0 Å². The molecule has 0 aromatic heterocycles. The van der Waals surface area contributed by atoms with Gasteiger partial charge in [0, 0.05) is 13.8 Å². The Hall–Kier alpha value is -2.89. The molecule has 1 aromatic rings. The van der Waals surface area contributed by atoms with Gasteiger partial charge >= 0.3 is 17.9 Å². The fourth-order valence-corrected chi connectivity index (χ4v) is 1.65. The summed E-state index contributed by atoms with van der Waals surface area (Å²) in [5.41, 5.74) is 0.421. The van der Waals surface area contributed by atoms with Gasteiger partial charge < -0.3 is 14.2 Å². The fraction of sp³-hybridized carbons (Fsp3) is 0.278. The molecule has 0 radical (unpaired) electrons. The van der Waals surface area contributed by atoms with Gasteiger partial charge in [-0.05, 0) is 24.3 Å². The van der Waals surface area contributed by atoms with Crippen LogP contribution in [0.3, 0.4) is 0 Å². The summed E-state index contributed by atoms with van der Waals surface area (Å²) in [7, 11) is 0. The highest BCUT2D eigenvalue weighted by molar-refractivity contribution is 5.89. The molecule has 6 nitrogen and oxygen atoms in total. The smallest absolute Gasteiger partial charge is 0.338 e. The van der Waals surface area contributed by atoms with Crippen molar-refractivity contribution in [1.29, 1.82) is 0 Å². The van der Waals surface area contributed by atoms with E-state index in [4.69, 9.17) is 14.2 Å². The van der Waals surface area contributed by atoms with Gasteiger partial charge in [0.1, 0.15) is 13.2 Å². The number of rotatable bonds is 8. The molecule has 0 saturated heterocycles. The molecule has 0 aliphatic carbocycles. The molecule has 0 spiro atoms. The van der Waals surface area contributed by atoms with Gasteiger partial charge in [-0.2, -0.15) is 0 Å². The van der Waals surface area contributed by atoms with Crippen molar-refractivity contribution in [2.45, 2.75) is 20.0 Å². The van der Waals surface area contributed by atoms with Gasteiger partial charge in [-0.1, -0.05) is 30.4 Å². The van der Waals surface area contributed by atoms with Gasteiger partial charge in [0.15, 0.2) is 6.10 Å². The molecule has 24 heavy (non-hydrogen) atoms. The summed E-state index contributed by atoms with van der Waals surface area (Å²) in [6.45, 7) is 2.65. The number of ether oxygens (including phenoxy) is 3. The minimum atomic E-state index is -0.700. The third-order valence-electron chi connectivity index (χ3n) is 2.66. The average molecular weight is 332 g/mol. The van der Waals surface area contributed by atoms with E-state index in [9.17, 15) is 14.4 Å². The molecule has 6 heteroatoms. The molecule has 128 valence electrons. The zero-order valence-corrected chi connectivity index (χ0v) is 13.6. The fourth-order valence-electron chi connectivity index (χ4n) is 1.65. The maximum Gasteiger partial charge on any atom is 0.338 e. The minimum absolute atomic E-state index is 0.0956. The Morgan fingerprint density at radius 1 is 1.00 bits per heavy atom. The molecule has 1 aromatic carbocycles. The van der Waals surface area contributed by atoms with E-state index >= 15 is 0 Å². The average Bonchev–Trinajstić information content (AvgIpc) is 2.55. The summed E-state index contributed by atoms with van der Waals surface area (Å²) in [6.07, 6.45) is 5.75. The first kappa shape index (κ1) is 19.2. The number of hydrogen-bond donors (Lipinski definition) is 0. The lowest BCUT2D eigenvalue weighted by Gasteiger charge is -2.13. The van der Waals surface area contributed by atoms with E-state index in [-0.39, 0.29) is 19.2 Å². The Morgan fingerprint density at radius 3 is 2.33 bits per heavy atom. The van der Waals surface area contributed by atoms with E-state index in [1.165, 1.54) is 13.8 Å². The molecule has 1 rings (SSSR count). The van der Waals surface area contributed by atoms with Gasteiger partial charge in [-0.15, -0.1) is 0 Å². The Morgan fingerprint density at radius 2 is 1.71 bits per heavy atom. The highest BCUT2D eigenvalue weighted by Crippen LogP contribution is 2.04. The van der Waals surface area contributed by atoms with Crippen molar-refractivity contribution in [2.24, 2.45) is 0 Å². The second-order valence-corrected chi connectivity index (χ2v) is 4.73. The summed E-state index contributed by atoms with van der Waals surface area (Å²) in [4.78, 5) is 33.6. The van der Waals surface area contributed by atoms with Crippen LogP contribution in [0.2, 0.25) is 0 Å². The predicted octanol–water partition coefficient (Wildman–Crippen LogP) is 2.45. The predicted molar refractivity (Wildman–Crippen MR) is 87.2 cm³/mol. The Balaban J connectivity index is 2.51. The van der Waals surface area contributed by atoms with E-state index in [0.717, 1.165) is 0 Å². The molecule has 0 bridgehead atoms. The number of allylic oxidation sites excluding steroid dienone is 2. The summed E-state index contributed by atoms with van der Waals surface area (Å²) < 4.78 is 14.9. The molecule has 0 saturated carbocycles. The van der Waals surface area contributed by atoms with Crippen LogP contribution in [0.15, 0.2) is 54.6 Å². The van der Waals surface area contributed by atoms with Crippen molar-refractivity contribution in [2.75, 3.05) is 13.2 Å². The van der Waals surface area contributed by atoms with Crippen molar-refractivity contribution >= 4 is 17.9 Å². The monoisotopic (exact) mass is 332 g/mol. The number of esters is 3. The van der Waals surface area contributed by atoms with Crippen molar-refractivity contribution < 1.29 is 28.6 Å². The van der Waals surface area contributed by atoms with Gasteiger partial charge in [0.2, 0.25) is 0 Å². The van der Waals surface area contributed by atoms with Gasteiger partial charge in [0.05, 0.1) is 5.56 Å².